The van der Waals surface area contributed by atoms with Crippen molar-refractivity contribution in [1.82, 2.24) is 9.97 Å². The van der Waals surface area contributed by atoms with E-state index in [4.69, 9.17) is 5.11 Å². The first kappa shape index (κ1) is 19.0. The van der Waals surface area contributed by atoms with E-state index in [1.54, 1.807) is 25.3 Å². The van der Waals surface area contributed by atoms with Crippen molar-refractivity contribution in [3.8, 4) is 0 Å². The van der Waals surface area contributed by atoms with E-state index in [-0.39, 0.29) is 4.90 Å². The maximum absolute atomic E-state index is 11.0. The first-order valence-electron chi connectivity index (χ1n) is 7.16. The number of halogens is 1. The molecule has 0 bridgehead atoms. The van der Waals surface area contributed by atoms with Crippen LogP contribution in [0.1, 0.15) is 11.3 Å². The lowest BCUT2D eigenvalue weighted by Gasteiger charge is -1.98. The number of sulfone groups is 1. The van der Waals surface area contributed by atoms with Crippen LogP contribution in [0.3, 0.4) is 0 Å². The molecule has 0 atom stereocenters. The van der Waals surface area contributed by atoms with Crippen LogP contribution >= 0.6 is 15.9 Å². The molecule has 0 fully saturated rings. The molecule has 0 unspecified atom stereocenters. The Labute approximate surface area is 153 Å². The number of alkyl halides is 1. The monoisotopic (exact) mass is 422 g/mol. The van der Waals surface area contributed by atoms with Crippen LogP contribution in [0.25, 0.3) is 11.0 Å². The molecule has 0 saturated heterocycles. The summed E-state index contributed by atoms with van der Waals surface area (Å²) >= 11 is 3.34. The van der Waals surface area contributed by atoms with Crippen LogP contribution in [0.2, 0.25) is 0 Å². The van der Waals surface area contributed by atoms with E-state index in [1.165, 1.54) is 12.1 Å². The van der Waals surface area contributed by atoms with Crippen LogP contribution in [0.15, 0.2) is 59.6 Å². The van der Waals surface area contributed by atoms with Crippen molar-refractivity contribution in [3.05, 3.63) is 66.0 Å². The van der Waals surface area contributed by atoms with Gasteiger partial charge in [-0.25, -0.2) is 18.2 Å². The summed E-state index contributed by atoms with van der Waals surface area (Å²) in [6.45, 7) is 1.79. The Bertz CT molecular complexity index is 989. The molecular formula is C17H15BrN2O4S. The quantitative estimate of drug-likeness (QED) is 0.627. The highest BCUT2D eigenvalue weighted by Gasteiger charge is 2.22. The Morgan fingerprint density at radius 1 is 1.08 bits per heavy atom. The molecule has 6 nitrogen and oxygen atoms in total. The molecule has 3 aromatic rings. The predicted octanol–water partition coefficient (Wildman–Crippen LogP) is 3.97. The summed E-state index contributed by atoms with van der Waals surface area (Å²) in [4.78, 5) is 18.8. The van der Waals surface area contributed by atoms with Crippen molar-refractivity contribution in [3.63, 3.8) is 0 Å². The number of nitrogens with zero attached hydrogens (tertiary/aromatic N) is 2. The van der Waals surface area contributed by atoms with Gasteiger partial charge in [-0.2, -0.15) is 0 Å². The maximum atomic E-state index is 11.0. The largest absolute Gasteiger partial charge is 0.469 e. The lowest BCUT2D eigenvalue weighted by atomic mass is 10.2. The zero-order valence-electron chi connectivity index (χ0n) is 13.3. The van der Waals surface area contributed by atoms with Crippen LogP contribution in [0.4, 0.5) is 4.79 Å². The summed E-state index contributed by atoms with van der Waals surface area (Å²) in [5, 5.41) is 7.31. The summed E-state index contributed by atoms with van der Waals surface area (Å²) in [6, 6.07) is 13.5. The van der Waals surface area contributed by atoms with Crippen LogP contribution < -0.4 is 0 Å². The Hall–Kier alpha value is -2.32. The van der Waals surface area contributed by atoms with E-state index in [2.05, 4.69) is 25.9 Å². The van der Waals surface area contributed by atoms with Crippen molar-refractivity contribution in [1.29, 1.82) is 0 Å². The van der Waals surface area contributed by atoms with Gasteiger partial charge in [-0.15, -0.1) is 0 Å². The van der Waals surface area contributed by atoms with Gasteiger partial charge in [-0.1, -0.05) is 45.8 Å². The third-order valence-corrected chi connectivity index (χ3v) is 5.12. The minimum atomic E-state index is -4.18. The number of fused-ring (bicyclic) bond motifs is 1. The number of hydrogen-bond donors (Lipinski definition) is 1. The average Bonchev–Trinajstić information content (AvgIpc) is 2.62. The highest BCUT2D eigenvalue weighted by atomic mass is 79.9. The molecular weight excluding hydrogens is 408 g/mol. The molecule has 0 radical (unpaired) electrons. The molecule has 3 rings (SSSR count). The zero-order valence-corrected chi connectivity index (χ0v) is 15.7. The van der Waals surface area contributed by atoms with Gasteiger partial charge in [-0.3, -0.25) is 4.98 Å². The third kappa shape index (κ3) is 4.83. The molecule has 1 aromatic heterocycles. The molecule has 0 aliphatic heterocycles. The van der Waals surface area contributed by atoms with Gasteiger partial charge >= 0.3 is 5.30 Å². The molecule has 0 aliphatic rings. The van der Waals surface area contributed by atoms with Crippen LogP contribution in [0, 0.1) is 6.92 Å². The number of carbonyl (C=O) groups is 1. The summed E-state index contributed by atoms with van der Waals surface area (Å²) in [6.07, 6.45) is 1.79. The summed E-state index contributed by atoms with van der Waals surface area (Å²) < 4.78 is 22.1. The second-order valence-corrected chi connectivity index (χ2v) is 7.45. The molecule has 25 heavy (non-hydrogen) atoms. The van der Waals surface area contributed by atoms with Crippen LogP contribution in [-0.2, 0) is 15.2 Å². The second-order valence-electron chi connectivity index (χ2n) is 5.07. The molecule has 1 heterocycles. The number of aromatic nitrogens is 2. The smallest absolute Gasteiger partial charge is 0.427 e. The topological polar surface area (TPSA) is 97.2 Å². The third-order valence-electron chi connectivity index (χ3n) is 3.20. The molecule has 0 amide bonds. The van der Waals surface area contributed by atoms with Gasteiger partial charge in [0, 0.05) is 11.5 Å². The first-order valence-corrected chi connectivity index (χ1v) is 9.76. The van der Waals surface area contributed by atoms with Gasteiger partial charge in [0.25, 0.3) is 9.84 Å². The fourth-order valence-electron chi connectivity index (χ4n) is 1.88. The fraction of sp³-hybridized carbons (Fsp3) is 0.118. The summed E-state index contributed by atoms with van der Waals surface area (Å²) in [5.74, 6) is 0. The number of hydrogen-bond acceptors (Lipinski definition) is 5. The highest BCUT2D eigenvalue weighted by molar-refractivity contribution is 9.08. The van der Waals surface area contributed by atoms with E-state index in [0.717, 1.165) is 27.6 Å². The second kappa shape index (κ2) is 8.17. The summed E-state index contributed by atoms with van der Waals surface area (Å²) in [7, 11) is -4.18. The molecule has 8 heteroatoms. The van der Waals surface area contributed by atoms with Crippen molar-refractivity contribution < 1.29 is 18.3 Å². The van der Waals surface area contributed by atoms with Crippen LogP contribution in [-0.4, -0.2) is 28.8 Å². The Morgan fingerprint density at radius 2 is 1.68 bits per heavy atom. The van der Waals surface area contributed by atoms with Gasteiger partial charge in [0.05, 0.1) is 21.6 Å². The standard InChI is InChI=1S/C9H7BrN2.C8H8O4S/c10-5-7-6-11-8-3-1-2-4-9(8)12-7;1-6-2-4-7(5-3-6)13(11,12)8(9)10/h1-4,6H,5H2;2-5H,1H3,(H,9,10). The van der Waals surface area contributed by atoms with Gasteiger partial charge < -0.3 is 5.11 Å². The SMILES string of the molecule is BrCc1cnc2ccccc2n1.Cc1ccc(S(=O)(=O)C(=O)O)cc1. The number of para-hydroxylation sites is 2. The van der Waals surface area contributed by atoms with Crippen LogP contribution in [0.5, 0.6) is 0 Å². The molecule has 2 aromatic carbocycles. The molecule has 0 saturated carbocycles. The van der Waals surface area contributed by atoms with E-state index >= 15 is 0 Å². The number of rotatable bonds is 2. The Balaban J connectivity index is 0.000000181. The minimum Gasteiger partial charge on any atom is -0.469 e. The van der Waals surface area contributed by atoms with Gasteiger partial charge in [0.2, 0.25) is 0 Å². The summed E-state index contributed by atoms with van der Waals surface area (Å²) in [5.41, 5.74) is 3.75. The van der Waals surface area contributed by atoms with Crippen molar-refractivity contribution in [2.24, 2.45) is 0 Å². The van der Waals surface area contributed by atoms with Crippen molar-refractivity contribution in [2.45, 2.75) is 17.1 Å². The fourth-order valence-corrected chi connectivity index (χ4v) is 2.84. The van der Waals surface area contributed by atoms with E-state index in [1.807, 2.05) is 24.3 Å². The Morgan fingerprint density at radius 3 is 2.24 bits per heavy atom. The first-order chi connectivity index (χ1) is 11.8. The number of carboxylic acid groups (broad SMARTS) is 1. The van der Waals surface area contributed by atoms with E-state index in [0.29, 0.717) is 0 Å². The lowest BCUT2D eigenvalue weighted by Crippen LogP contribution is -2.11. The van der Waals surface area contributed by atoms with Gasteiger partial charge in [0.15, 0.2) is 0 Å². The highest BCUT2D eigenvalue weighted by Crippen LogP contribution is 2.12. The molecule has 1 N–H and O–H groups in total. The lowest BCUT2D eigenvalue weighted by molar-refractivity contribution is 0.219. The number of aryl methyl sites for hydroxylation is 1. The minimum absolute atomic E-state index is 0.189. The van der Waals surface area contributed by atoms with E-state index < -0.39 is 15.1 Å². The molecule has 130 valence electrons. The molecule has 0 spiro atoms. The Kier molecular flexibility index (Phi) is 6.22. The van der Waals surface area contributed by atoms with Crippen molar-refractivity contribution in [2.75, 3.05) is 0 Å². The average molecular weight is 423 g/mol. The van der Waals surface area contributed by atoms with Crippen molar-refractivity contribution >= 4 is 42.1 Å². The normalized spacial score (nSPS) is 10.8. The molecule has 0 aliphatic carbocycles. The maximum Gasteiger partial charge on any atom is 0.427 e. The van der Waals surface area contributed by atoms with Gasteiger partial charge in [-0.05, 0) is 31.2 Å². The van der Waals surface area contributed by atoms with Gasteiger partial charge in [0.1, 0.15) is 0 Å². The predicted molar refractivity (Wildman–Crippen MR) is 98.6 cm³/mol. The number of benzene rings is 2. The van der Waals surface area contributed by atoms with E-state index in [9.17, 15) is 13.2 Å². The zero-order chi connectivity index (χ0) is 18.4.